The highest BCUT2D eigenvalue weighted by Gasteiger charge is 2.30. The van der Waals surface area contributed by atoms with Crippen molar-refractivity contribution in [3.8, 4) is 0 Å². The lowest BCUT2D eigenvalue weighted by Gasteiger charge is -2.15. The topological polar surface area (TPSA) is 131 Å². The van der Waals surface area contributed by atoms with Crippen LogP contribution in [0.5, 0.6) is 0 Å². The molecule has 0 saturated heterocycles. The zero-order valence-electron chi connectivity index (χ0n) is 12.0. The van der Waals surface area contributed by atoms with E-state index in [9.17, 15) is 19.2 Å². The molecular weight excluding hydrogens is 284 g/mol. The van der Waals surface area contributed by atoms with Gasteiger partial charge in [0.25, 0.3) is 0 Å². The molecule has 120 valence electrons. The van der Waals surface area contributed by atoms with Gasteiger partial charge in [-0.3, -0.25) is 9.59 Å². The van der Waals surface area contributed by atoms with Gasteiger partial charge in [-0.2, -0.15) is 0 Å². The molecule has 0 aliphatic rings. The maximum absolute atomic E-state index is 11.6. The Labute approximate surface area is 122 Å². The average molecular weight is 304 g/mol. The molecule has 0 rings (SSSR count). The molecule has 0 bridgehead atoms. The fourth-order valence-corrected chi connectivity index (χ4v) is 1.27. The van der Waals surface area contributed by atoms with Crippen molar-refractivity contribution in [3.05, 3.63) is 0 Å². The van der Waals surface area contributed by atoms with Gasteiger partial charge in [0.05, 0.1) is 13.2 Å². The Morgan fingerprint density at radius 1 is 1.00 bits per heavy atom. The maximum Gasteiger partial charge on any atom is 0.340 e. The summed E-state index contributed by atoms with van der Waals surface area (Å²) in [6.07, 6.45) is -0.166. The smallest absolute Gasteiger partial charge is 0.340 e. The van der Waals surface area contributed by atoms with Crippen LogP contribution in [0.15, 0.2) is 0 Å². The third-order valence-electron chi connectivity index (χ3n) is 2.17. The van der Waals surface area contributed by atoms with E-state index in [2.05, 4.69) is 20.1 Å². The summed E-state index contributed by atoms with van der Waals surface area (Å²) in [7, 11) is 0. The number of hydrogen-bond acceptors (Lipinski definition) is 7. The Hall–Kier alpha value is -2.16. The molecule has 9 heteroatoms. The number of esters is 2. The predicted octanol–water partition coefficient (Wildman–Crippen LogP) is -1.90. The minimum Gasteiger partial charge on any atom is -0.464 e. The number of ether oxygens (including phenoxy) is 2. The summed E-state index contributed by atoms with van der Waals surface area (Å²) in [6.45, 7) is 2.51. The molecule has 0 atom stereocenters. The van der Waals surface area contributed by atoms with Gasteiger partial charge < -0.3 is 25.2 Å². The van der Waals surface area contributed by atoms with Crippen LogP contribution in [-0.2, 0) is 28.7 Å². The van der Waals surface area contributed by atoms with Crippen molar-refractivity contribution in [1.29, 1.82) is 0 Å². The Kier molecular flexibility index (Phi) is 9.52. The van der Waals surface area contributed by atoms with Gasteiger partial charge in [-0.15, -0.1) is 0 Å². The zero-order chi connectivity index (χ0) is 16.3. The van der Waals surface area contributed by atoms with Gasteiger partial charge >= 0.3 is 11.9 Å². The van der Waals surface area contributed by atoms with Crippen LogP contribution in [0.3, 0.4) is 0 Å². The second-order valence-corrected chi connectivity index (χ2v) is 3.76. The fraction of sp³-hybridized carbons (Fsp3) is 0.667. The van der Waals surface area contributed by atoms with Gasteiger partial charge in [0, 0.05) is 13.0 Å². The van der Waals surface area contributed by atoms with E-state index in [-0.39, 0.29) is 26.2 Å². The van der Waals surface area contributed by atoms with Crippen LogP contribution in [-0.4, -0.2) is 61.3 Å². The van der Waals surface area contributed by atoms with Gasteiger partial charge in [-0.25, -0.2) is 9.59 Å². The highest BCUT2D eigenvalue weighted by Crippen LogP contribution is 1.95. The third-order valence-corrected chi connectivity index (χ3v) is 2.17. The molecule has 0 radical (unpaired) electrons. The minimum atomic E-state index is -1.54. The minimum absolute atomic E-state index is 0.0381. The molecule has 0 aliphatic heterocycles. The Morgan fingerprint density at radius 2 is 1.52 bits per heavy atom. The maximum atomic E-state index is 11.6. The van der Waals surface area contributed by atoms with E-state index in [1.54, 1.807) is 13.8 Å². The number of aliphatic hydroxyl groups excluding tert-OH is 1. The standard InChI is InChI=1S/C12H20N2O7/c1-3-20-11(18)10(12(19)21-4-2)14-8(16)5-6-13-9(17)7-15/h10,15H,3-7H2,1-2H3,(H,13,17)(H,14,16). The number of carbonyl (C=O) groups is 4. The summed E-state index contributed by atoms with van der Waals surface area (Å²) in [4.78, 5) is 45.5. The predicted molar refractivity (Wildman–Crippen MR) is 69.9 cm³/mol. The molecule has 9 nitrogen and oxygen atoms in total. The molecular formula is C12H20N2O7. The van der Waals surface area contributed by atoms with Crippen LogP contribution in [0.4, 0.5) is 0 Å². The Balaban J connectivity index is 4.44. The van der Waals surface area contributed by atoms with Gasteiger partial charge in [0.2, 0.25) is 17.9 Å². The van der Waals surface area contributed by atoms with E-state index in [1.807, 2.05) is 0 Å². The summed E-state index contributed by atoms with van der Waals surface area (Å²) in [5.74, 6) is -3.10. The third kappa shape index (κ3) is 7.88. The van der Waals surface area contributed by atoms with Crippen LogP contribution in [0.25, 0.3) is 0 Å². The average Bonchev–Trinajstić information content (AvgIpc) is 2.44. The van der Waals surface area contributed by atoms with E-state index in [1.165, 1.54) is 0 Å². The number of rotatable bonds is 9. The summed E-state index contributed by atoms with van der Waals surface area (Å²) in [5, 5.41) is 12.9. The molecule has 0 fully saturated rings. The van der Waals surface area contributed by atoms with Crippen molar-refractivity contribution in [3.63, 3.8) is 0 Å². The second-order valence-electron chi connectivity index (χ2n) is 3.76. The van der Waals surface area contributed by atoms with Gasteiger partial charge in [0.15, 0.2) is 0 Å². The fourth-order valence-electron chi connectivity index (χ4n) is 1.27. The molecule has 0 aromatic heterocycles. The quantitative estimate of drug-likeness (QED) is 0.335. The van der Waals surface area contributed by atoms with Crippen molar-refractivity contribution < 1.29 is 33.8 Å². The summed E-state index contributed by atoms with van der Waals surface area (Å²) in [6, 6.07) is -1.54. The first-order valence-electron chi connectivity index (χ1n) is 6.46. The number of nitrogens with one attached hydrogen (secondary N) is 2. The van der Waals surface area contributed by atoms with Crippen molar-refractivity contribution in [2.45, 2.75) is 26.3 Å². The van der Waals surface area contributed by atoms with Crippen LogP contribution in [0.1, 0.15) is 20.3 Å². The van der Waals surface area contributed by atoms with E-state index in [0.29, 0.717) is 0 Å². The van der Waals surface area contributed by atoms with Crippen molar-refractivity contribution in [1.82, 2.24) is 10.6 Å². The normalized spacial score (nSPS) is 9.90. The van der Waals surface area contributed by atoms with E-state index in [0.717, 1.165) is 0 Å². The zero-order valence-corrected chi connectivity index (χ0v) is 12.0. The van der Waals surface area contributed by atoms with Crippen molar-refractivity contribution in [2.75, 3.05) is 26.4 Å². The number of carbonyl (C=O) groups excluding carboxylic acids is 4. The van der Waals surface area contributed by atoms with Crippen LogP contribution in [0.2, 0.25) is 0 Å². The summed E-state index contributed by atoms with van der Waals surface area (Å²) < 4.78 is 9.35. The molecule has 0 saturated carbocycles. The number of amides is 2. The van der Waals surface area contributed by atoms with E-state index < -0.39 is 36.4 Å². The molecule has 2 amide bonds. The van der Waals surface area contributed by atoms with Crippen LogP contribution >= 0.6 is 0 Å². The van der Waals surface area contributed by atoms with Gasteiger partial charge in [0.1, 0.15) is 6.61 Å². The molecule has 0 spiro atoms. The Morgan fingerprint density at radius 3 is 1.95 bits per heavy atom. The Bertz CT molecular complexity index is 366. The first-order valence-corrected chi connectivity index (χ1v) is 6.46. The number of hydrogen-bond donors (Lipinski definition) is 3. The monoisotopic (exact) mass is 304 g/mol. The largest absolute Gasteiger partial charge is 0.464 e. The molecule has 0 aromatic carbocycles. The molecule has 21 heavy (non-hydrogen) atoms. The second kappa shape index (κ2) is 10.6. The van der Waals surface area contributed by atoms with Crippen molar-refractivity contribution in [2.24, 2.45) is 0 Å². The molecule has 3 N–H and O–H groups in total. The van der Waals surface area contributed by atoms with E-state index in [4.69, 9.17) is 5.11 Å². The summed E-state index contributed by atoms with van der Waals surface area (Å²) >= 11 is 0. The lowest BCUT2D eigenvalue weighted by atomic mass is 10.2. The lowest BCUT2D eigenvalue weighted by molar-refractivity contribution is -0.159. The van der Waals surface area contributed by atoms with Crippen LogP contribution < -0.4 is 10.6 Å². The SMILES string of the molecule is CCOC(=O)C(NC(=O)CCNC(=O)CO)C(=O)OCC. The van der Waals surface area contributed by atoms with Gasteiger partial charge in [-0.1, -0.05) is 0 Å². The highest BCUT2D eigenvalue weighted by atomic mass is 16.6. The molecule has 0 unspecified atom stereocenters. The molecule has 0 aromatic rings. The first kappa shape index (κ1) is 18.8. The first-order chi connectivity index (χ1) is 9.96. The van der Waals surface area contributed by atoms with Crippen molar-refractivity contribution >= 4 is 23.8 Å². The molecule has 0 aliphatic carbocycles. The van der Waals surface area contributed by atoms with E-state index >= 15 is 0 Å². The van der Waals surface area contributed by atoms with Gasteiger partial charge in [-0.05, 0) is 13.8 Å². The molecule has 0 heterocycles. The van der Waals surface area contributed by atoms with Crippen LogP contribution in [0, 0.1) is 0 Å². The number of aliphatic hydroxyl groups is 1. The summed E-state index contributed by atoms with van der Waals surface area (Å²) in [5.41, 5.74) is 0. The highest BCUT2D eigenvalue weighted by molar-refractivity contribution is 6.02. The lowest BCUT2D eigenvalue weighted by Crippen LogP contribution is -2.48.